The minimum Gasteiger partial charge on any atom is -0.497 e. The summed E-state index contributed by atoms with van der Waals surface area (Å²) in [6.07, 6.45) is 0.962. The summed E-state index contributed by atoms with van der Waals surface area (Å²) in [5, 5.41) is 5.60. The van der Waals surface area contributed by atoms with E-state index in [2.05, 4.69) is 10.6 Å². The molecule has 0 bridgehead atoms. The molecule has 6 nitrogen and oxygen atoms in total. The Morgan fingerprint density at radius 3 is 2.21 bits per heavy atom. The van der Waals surface area contributed by atoms with E-state index >= 15 is 0 Å². The van der Waals surface area contributed by atoms with Crippen LogP contribution < -0.4 is 21.1 Å². The van der Waals surface area contributed by atoms with Gasteiger partial charge in [0.25, 0.3) is 5.91 Å². The molecule has 0 spiro atoms. The lowest BCUT2D eigenvalue weighted by Gasteiger charge is -2.12. The van der Waals surface area contributed by atoms with E-state index in [-0.39, 0.29) is 11.8 Å². The van der Waals surface area contributed by atoms with Gasteiger partial charge in [0.2, 0.25) is 5.91 Å². The smallest absolute Gasteiger partial charge is 0.255 e. The molecule has 0 aliphatic carbocycles. The summed E-state index contributed by atoms with van der Waals surface area (Å²) in [4.78, 5) is 24.2. The van der Waals surface area contributed by atoms with Crippen molar-refractivity contribution in [3.8, 4) is 5.75 Å². The maximum atomic E-state index is 12.3. The highest BCUT2D eigenvalue weighted by Crippen LogP contribution is 2.22. The molecule has 0 aliphatic rings. The van der Waals surface area contributed by atoms with Crippen LogP contribution in [-0.4, -0.2) is 25.5 Å². The molecule has 126 valence electrons. The third-order valence-corrected chi connectivity index (χ3v) is 3.41. The van der Waals surface area contributed by atoms with Crippen molar-refractivity contribution in [2.75, 3.05) is 24.3 Å². The van der Waals surface area contributed by atoms with Crippen LogP contribution in [-0.2, 0) is 4.79 Å². The van der Waals surface area contributed by atoms with E-state index in [9.17, 15) is 9.59 Å². The first kappa shape index (κ1) is 17.5. The van der Waals surface area contributed by atoms with Crippen molar-refractivity contribution in [3.05, 3.63) is 54.1 Å². The van der Waals surface area contributed by atoms with Gasteiger partial charge in [-0.05, 0) is 49.4 Å². The second-order valence-electron chi connectivity index (χ2n) is 5.17. The van der Waals surface area contributed by atoms with E-state index in [1.54, 1.807) is 55.6 Å². The number of anilines is 2. The molecule has 2 amide bonds. The van der Waals surface area contributed by atoms with Gasteiger partial charge in [-0.3, -0.25) is 9.59 Å². The highest BCUT2D eigenvalue weighted by molar-refractivity contribution is 6.07. The Kier molecular flexibility index (Phi) is 6.33. The number of hydrogen-bond donors (Lipinski definition) is 3. The molecule has 2 aromatic rings. The highest BCUT2D eigenvalue weighted by Gasteiger charge is 2.11. The van der Waals surface area contributed by atoms with E-state index in [0.717, 1.165) is 0 Å². The Morgan fingerprint density at radius 1 is 1.00 bits per heavy atom. The van der Waals surface area contributed by atoms with Crippen LogP contribution in [0.3, 0.4) is 0 Å². The van der Waals surface area contributed by atoms with Gasteiger partial charge < -0.3 is 21.1 Å². The Morgan fingerprint density at radius 2 is 1.62 bits per heavy atom. The number of carbonyl (C=O) groups is 2. The summed E-state index contributed by atoms with van der Waals surface area (Å²) >= 11 is 0. The number of nitrogens with one attached hydrogen (secondary N) is 2. The predicted molar refractivity (Wildman–Crippen MR) is 94.3 cm³/mol. The summed E-state index contributed by atoms with van der Waals surface area (Å²) in [5.74, 6) is 0.284. The number of benzene rings is 2. The van der Waals surface area contributed by atoms with Gasteiger partial charge in [-0.1, -0.05) is 12.1 Å². The molecule has 0 saturated carbocycles. The zero-order chi connectivity index (χ0) is 17.4. The highest BCUT2D eigenvalue weighted by atomic mass is 16.5. The van der Waals surface area contributed by atoms with E-state index in [1.165, 1.54) is 0 Å². The second kappa shape index (κ2) is 8.69. The number of rotatable bonds is 7. The molecule has 4 N–H and O–H groups in total. The zero-order valence-electron chi connectivity index (χ0n) is 13.5. The number of amides is 2. The normalized spacial score (nSPS) is 10.1. The van der Waals surface area contributed by atoms with Crippen molar-refractivity contribution >= 4 is 23.2 Å². The van der Waals surface area contributed by atoms with E-state index < -0.39 is 0 Å². The predicted octanol–water partition coefficient (Wildman–Crippen LogP) is 2.62. The number of methoxy groups -OCH3 is 1. The minimum absolute atomic E-state index is 0.133. The van der Waals surface area contributed by atoms with Crippen molar-refractivity contribution < 1.29 is 14.3 Å². The summed E-state index contributed by atoms with van der Waals surface area (Å²) in [6.45, 7) is 0.462. The minimum atomic E-state index is -0.263. The van der Waals surface area contributed by atoms with Crippen LogP contribution in [0.2, 0.25) is 0 Å². The van der Waals surface area contributed by atoms with Gasteiger partial charge in [-0.25, -0.2) is 0 Å². The van der Waals surface area contributed by atoms with Gasteiger partial charge in [-0.15, -0.1) is 0 Å². The average Bonchev–Trinajstić information content (AvgIpc) is 2.61. The van der Waals surface area contributed by atoms with Crippen molar-refractivity contribution in [1.29, 1.82) is 0 Å². The maximum Gasteiger partial charge on any atom is 0.255 e. The van der Waals surface area contributed by atoms with Crippen LogP contribution in [0.15, 0.2) is 48.5 Å². The first-order valence-corrected chi connectivity index (χ1v) is 7.68. The van der Waals surface area contributed by atoms with E-state index in [1.807, 2.05) is 0 Å². The van der Waals surface area contributed by atoms with E-state index in [0.29, 0.717) is 42.1 Å². The van der Waals surface area contributed by atoms with Crippen LogP contribution in [0.5, 0.6) is 5.75 Å². The Labute approximate surface area is 141 Å². The number of hydrogen-bond acceptors (Lipinski definition) is 4. The number of nitrogens with two attached hydrogens (primary N) is 1. The first-order chi connectivity index (χ1) is 11.6. The van der Waals surface area contributed by atoms with Gasteiger partial charge in [0.15, 0.2) is 0 Å². The third kappa shape index (κ3) is 4.82. The lowest BCUT2D eigenvalue weighted by molar-refractivity contribution is -0.116. The Hall–Kier alpha value is -2.86. The van der Waals surface area contributed by atoms with Gasteiger partial charge in [0.05, 0.1) is 18.5 Å². The van der Waals surface area contributed by atoms with E-state index in [4.69, 9.17) is 10.5 Å². The molecule has 0 fully saturated rings. The molecule has 0 unspecified atom stereocenters. The van der Waals surface area contributed by atoms with Gasteiger partial charge in [0, 0.05) is 12.0 Å². The molecular formula is C18H21N3O3. The fraction of sp³-hybridized carbons (Fsp3) is 0.222. The molecule has 2 aromatic carbocycles. The van der Waals surface area contributed by atoms with Crippen LogP contribution in [0.1, 0.15) is 23.2 Å². The molecule has 2 rings (SSSR count). The largest absolute Gasteiger partial charge is 0.497 e. The monoisotopic (exact) mass is 327 g/mol. The molecule has 6 heteroatoms. The average molecular weight is 327 g/mol. The summed E-state index contributed by atoms with van der Waals surface area (Å²) in [6, 6.07) is 13.8. The molecule has 0 aliphatic heterocycles. The number of ether oxygens (including phenoxy) is 1. The van der Waals surface area contributed by atoms with Crippen molar-refractivity contribution in [1.82, 2.24) is 0 Å². The Bertz CT molecular complexity index is 699. The Balaban J connectivity index is 2.08. The number of carbonyl (C=O) groups excluding carboxylic acids is 2. The summed E-state index contributed by atoms with van der Waals surface area (Å²) < 4.78 is 5.07. The van der Waals surface area contributed by atoms with Crippen LogP contribution in [0.4, 0.5) is 11.4 Å². The molecular weight excluding hydrogens is 306 g/mol. The van der Waals surface area contributed by atoms with Crippen LogP contribution in [0.25, 0.3) is 0 Å². The van der Waals surface area contributed by atoms with Crippen LogP contribution >= 0.6 is 0 Å². The standard InChI is InChI=1S/C18H21N3O3/c1-24-14-10-8-13(9-11-14)18(23)21-16-6-3-2-5-15(16)20-17(22)7-4-12-19/h2-3,5-6,8-11H,4,7,12,19H2,1H3,(H,20,22)(H,21,23). The zero-order valence-corrected chi connectivity index (χ0v) is 13.5. The van der Waals surface area contributed by atoms with Crippen molar-refractivity contribution in [3.63, 3.8) is 0 Å². The quantitative estimate of drug-likeness (QED) is 0.729. The molecule has 0 saturated heterocycles. The fourth-order valence-electron chi connectivity index (χ4n) is 2.11. The third-order valence-electron chi connectivity index (χ3n) is 3.41. The second-order valence-corrected chi connectivity index (χ2v) is 5.17. The number of para-hydroxylation sites is 2. The molecule has 0 heterocycles. The molecule has 0 atom stereocenters. The lowest BCUT2D eigenvalue weighted by atomic mass is 10.2. The SMILES string of the molecule is COc1ccc(C(=O)Nc2ccccc2NC(=O)CCCN)cc1. The fourth-order valence-corrected chi connectivity index (χ4v) is 2.11. The first-order valence-electron chi connectivity index (χ1n) is 7.68. The van der Waals surface area contributed by atoms with Crippen LogP contribution in [0, 0.1) is 0 Å². The molecule has 0 aromatic heterocycles. The molecule has 0 radical (unpaired) electrons. The topological polar surface area (TPSA) is 93.5 Å². The van der Waals surface area contributed by atoms with Gasteiger partial charge >= 0.3 is 0 Å². The summed E-state index contributed by atoms with van der Waals surface area (Å²) in [7, 11) is 1.57. The maximum absolute atomic E-state index is 12.3. The van der Waals surface area contributed by atoms with Gasteiger partial charge in [-0.2, -0.15) is 0 Å². The molecule has 24 heavy (non-hydrogen) atoms. The van der Waals surface area contributed by atoms with Gasteiger partial charge in [0.1, 0.15) is 5.75 Å². The van der Waals surface area contributed by atoms with Crippen molar-refractivity contribution in [2.45, 2.75) is 12.8 Å². The van der Waals surface area contributed by atoms with Crippen molar-refractivity contribution in [2.24, 2.45) is 5.73 Å². The lowest BCUT2D eigenvalue weighted by Crippen LogP contribution is -2.17. The summed E-state index contributed by atoms with van der Waals surface area (Å²) in [5.41, 5.74) is 7.00.